The van der Waals surface area contributed by atoms with E-state index < -0.39 is 0 Å². The molecule has 0 radical (unpaired) electrons. The van der Waals surface area contributed by atoms with Gasteiger partial charge >= 0.3 is 0 Å². The summed E-state index contributed by atoms with van der Waals surface area (Å²) < 4.78 is 2.27. The highest BCUT2D eigenvalue weighted by Crippen LogP contribution is 2.32. The molecule has 5 heteroatoms. The van der Waals surface area contributed by atoms with Crippen molar-refractivity contribution in [3.63, 3.8) is 0 Å². The first-order valence-electron chi connectivity index (χ1n) is 9.78. The molecule has 0 N–H and O–H groups in total. The van der Waals surface area contributed by atoms with E-state index in [1.54, 1.807) is 6.20 Å². The summed E-state index contributed by atoms with van der Waals surface area (Å²) in [5.74, 6) is 1.46. The van der Waals surface area contributed by atoms with Crippen molar-refractivity contribution in [2.75, 3.05) is 13.1 Å². The molecule has 27 heavy (non-hydrogen) atoms. The summed E-state index contributed by atoms with van der Waals surface area (Å²) in [5, 5.41) is 0. The van der Waals surface area contributed by atoms with E-state index in [0.717, 1.165) is 48.4 Å². The summed E-state index contributed by atoms with van der Waals surface area (Å²) in [7, 11) is 0. The second-order valence-electron chi connectivity index (χ2n) is 7.59. The van der Waals surface area contributed by atoms with E-state index in [0.29, 0.717) is 6.04 Å². The molecule has 0 unspecified atom stereocenters. The molecule has 0 bridgehead atoms. The van der Waals surface area contributed by atoms with Crippen LogP contribution in [0.15, 0.2) is 42.7 Å². The molecule has 1 fully saturated rings. The smallest absolute Gasteiger partial charge is 0.253 e. The molecule has 1 aliphatic rings. The number of aryl methyl sites for hydroxylation is 1. The fourth-order valence-corrected chi connectivity index (χ4v) is 4.01. The van der Waals surface area contributed by atoms with E-state index in [-0.39, 0.29) is 11.8 Å². The van der Waals surface area contributed by atoms with Crippen molar-refractivity contribution >= 4 is 16.9 Å². The van der Waals surface area contributed by atoms with E-state index in [9.17, 15) is 4.79 Å². The van der Waals surface area contributed by atoms with Crippen LogP contribution in [0, 0.1) is 0 Å². The van der Waals surface area contributed by atoms with Gasteiger partial charge in [0.1, 0.15) is 5.82 Å². The minimum atomic E-state index is 0.119. The number of imidazole rings is 1. The highest BCUT2D eigenvalue weighted by molar-refractivity contribution is 5.94. The summed E-state index contributed by atoms with van der Waals surface area (Å²) >= 11 is 0. The lowest BCUT2D eigenvalue weighted by molar-refractivity contribution is 0.0790. The number of aromatic nitrogens is 3. The number of hydrogen-bond acceptors (Lipinski definition) is 3. The number of hydrogen-bond donors (Lipinski definition) is 0. The van der Waals surface area contributed by atoms with Crippen LogP contribution in [0.3, 0.4) is 0 Å². The van der Waals surface area contributed by atoms with Crippen LogP contribution in [0.2, 0.25) is 0 Å². The Morgan fingerprint density at radius 1 is 1.22 bits per heavy atom. The molecule has 0 aliphatic carbocycles. The van der Waals surface area contributed by atoms with E-state index in [2.05, 4.69) is 30.3 Å². The highest BCUT2D eigenvalue weighted by Gasteiger charge is 2.31. The molecule has 1 saturated heterocycles. The van der Waals surface area contributed by atoms with Gasteiger partial charge in [0.15, 0.2) is 0 Å². The number of fused-ring (bicyclic) bond motifs is 1. The van der Waals surface area contributed by atoms with E-state index in [4.69, 9.17) is 4.98 Å². The zero-order valence-electron chi connectivity index (χ0n) is 16.2. The molecule has 0 spiro atoms. The molecule has 3 heterocycles. The molecular formula is C22H26N4O. The average molecular weight is 362 g/mol. The molecular weight excluding hydrogens is 336 g/mol. The van der Waals surface area contributed by atoms with Crippen molar-refractivity contribution in [3.05, 3.63) is 59.7 Å². The van der Waals surface area contributed by atoms with E-state index in [1.807, 2.05) is 41.4 Å². The van der Waals surface area contributed by atoms with Gasteiger partial charge in [-0.05, 0) is 50.5 Å². The lowest BCUT2D eigenvalue weighted by Gasteiger charge is -2.19. The fourth-order valence-electron chi connectivity index (χ4n) is 4.01. The summed E-state index contributed by atoms with van der Waals surface area (Å²) in [4.78, 5) is 24.0. The van der Waals surface area contributed by atoms with Crippen molar-refractivity contribution in [3.8, 4) is 0 Å². The van der Waals surface area contributed by atoms with Crippen LogP contribution in [0.4, 0.5) is 0 Å². The first-order valence-corrected chi connectivity index (χ1v) is 9.78. The van der Waals surface area contributed by atoms with Crippen molar-refractivity contribution in [1.29, 1.82) is 0 Å². The first kappa shape index (κ1) is 17.7. The summed E-state index contributed by atoms with van der Waals surface area (Å²) in [5.41, 5.74) is 4.08. The fraction of sp³-hybridized carbons (Fsp3) is 0.409. The number of rotatable bonds is 4. The SMILES string of the molecule is CCc1ccc(C(=O)N2CC[C@H](c3nc4ccncc4n3C(C)C)C2)cc1. The minimum absolute atomic E-state index is 0.119. The predicted octanol–water partition coefficient (Wildman–Crippen LogP) is 4.20. The van der Waals surface area contributed by atoms with Gasteiger partial charge in [0, 0.05) is 36.8 Å². The van der Waals surface area contributed by atoms with Crippen molar-refractivity contribution < 1.29 is 4.79 Å². The molecule has 1 aromatic carbocycles. The van der Waals surface area contributed by atoms with Crippen LogP contribution in [-0.2, 0) is 6.42 Å². The summed E-state index contributed by atoms with van der Waals surface area (Å²) in [6.45, 7) is 7.96. The van der Waals surface area contributed by atoms with Crippen LogP contribution in [-0.4, -0.2) is 38.4 Å². The Labute approximate surface area is 160 Å². The molecule has 5 nitrogen and oxygen atoms in total. The van der Waals surface area contributed by atoms with Crippen LogP contribution < -0.4 is 0 Å². The second kappa shape index (κ2) is 7.14. The molecule has 1 atom stereocenters. The number of carbonyl (C=O) groups excluding carboxylic acids is 1. The zero-order valence-corrected chi connectivity index (χ0v) is 16.2. The van der Waals surface area contributed by atoms with Gasteiger partial charge in [-0.15, -0.1) is 0 Å². The Morgan fingerprint density at radius 3 is 2.70 bits per heavy atom. The maximum Gasteiger partial charge on any atom is 0.253 e. The van der Waals surface area contributed by atoms with E-state index >= 15 is 0 Å². The van der Waals surface area contributed by atoms with Gasteiger partial charge in [-0.25, -0.2) is 4.98 Å². The van der Waals surface area contributed by atoms with Gasteiger partial charge < -0.3 is 9.47 Å². The second-order valence-corrected chi connectivity index (χ2v) is 7.59. The molecule has 0 saturated carbocycles. The monoisotopic (exact) mass is 362 g/mol. The largest absolute Gasteiger partial charge is 0.338 e. The quantitative estimate of drug-likeness (QED) is 0.699. The first-order chi connectivity index (χ1) is 13.1. The molecule has 3 aromatic rings. The number of amides is 1. The number of carbonyl (C=O) groups is 1. The summed E-state index contributed by atoms with van der Waals surface area (Å²) in [6.07, 6.45) is 5.61. The number of benzene rings is 1. The van der Waals surface area contributed by atoms with Crippen LogP contribution in [0.5, 0.6) is 0 Å². The lowest BCUT2D eigenvalue weighted by Crippen LogP contribution is -2.28. The molecule has 1 amide bonds. The normalized spacial score (nSPS) is 17.2. The van der Waals surface area contributed by atoms with Crippen LogP contribution in [0.25, 0.3) is 11.0 Å². The van der Waals surface area contributed by atoms with Gasteiger partial charge in [-0.1, -0.05) is 19.1 Å². The topological polar surface area (TPSA) is 51.0 Å². The Bertz CT molecular complexity index is 958. The molecule has 4 rings (SSSR count). The third kappa shape index (κ3) is 3.22. The Morgan fingerprint density at radius 2 is 2.00 bits per heavy atom. The van der Waals surface area contributed by atoms with Crippen LogP contribution >= 0.6 is 0 Å². The predicted molar refractivity (Wildman–Crippen MR) is 107 cm³/mol. The number of likely N-dealkylation sites (tertiary alicyclic amines) is 1. The molecule has 140 valence electrons. The van der Waals surface area contributed by atoms with Crippen molar-refractivity contribution in [2.45, 2.75) is 45.6 Å². The van der Waals surface area contributed by atoms with E-state index in [1.165, 1.54) is 5.56 Å². The third-order valence-corrected chi connectivity index (χ3v) is 5.49. The number of nitrogens with zero attached hydrogens (tertiary/aromatic N) is 4. The Balaban J connectivity index is 1.58. The van der Waals surface area contributed by atoms with Gasteiger partial charge in [0.2, 0.25) is 0 Å². The minimum Gasteiger partial charge on any atom is -0.338 e. The maximum atomic E-state index is 12.9. The lowest BCUT2D eigenvalue weighted by atomic mass is 10.1. The van der Waals surface area contributed by atoms with Crippen molar-refractivity contribution in [1.82, 2.24) is 19.4 Å². The number of pyridine rings is 1. The highest BCUT2D eigenvalue weighted by atomic mass is 16.2. The van der Waals surface area contributed by atoms with Crippen molar-refractivity contribution in [2.24, 2.45) is 0 Å². The summed E-state index contributed by atoms with van der Waals surface area (Å²) in [6, 6.07) is 10.3. The third-order valence-electron chi connectivity index (χ3n) is 5.49. The van der Waals surface area contributed by atoms with Gasteiger partial charge in [-0.3, -0.25) is 9.78 Å². The molecule has 2 aromatic heterocycles. The molecule has 1 aliphatic heterocycles. The zero-order chi connectivity index (χ0) is 19.0. The Kier molecular flexibility index (Phi) is 4.68. The van der Waals surface area contributed by atoms with Crippen LogP contribution in [0.1, 0.15) is 60.9 Å². The van der Waals surface area contributed by atoms with Gasteiger partial charge in [-0.2, -0.15) is 0 Å². The maximum absolute atomic E-state index is 12.9. The standard InChI is InChI=1S/C22H26N4O/c1-4-16-5-7-17(8-6-16)22(27)25-12-10-18(14-25)21-24-19-9-11-23-13-20(19)26(21)15(2)3/h5-9,11,13,15,18H,4,10,12,14H2,1-3H3/t18-/m0/s1. The Hall–Kier alpha value is -2.69. The van der Waals surface area contributed by atoms with Gasteiger partial charge in [0.25, 0.3) is 5.91 Å². The average Bonchev–Trinajstić information content (AvgIpc) is 3.32. The van der Waals surface area contributed by atoms with Gasteiger partial charge in [0.05, 0.1) is 17.2 Å².